The first-order valence-corrected chi connectivity index (χ1v) is 6.33. The SMILES string of the molecule is C=CC(C(=N)N)=C(NC(=C)c1ccc(F)c(C)c1)C(=O)OC. The number of nitrogens with two attached hydrogens (primary N) is 1. The molecule has 0 atom stereocenters. The Balaban J connectivity index is 3.22. The highest BCUT2D eigenvalue weighted by molar-refractivity contribution is 6.05. The summed E-state index contributed by atoms with van der Waals surface area (Å²) < 4.78 is 18.0. The number of hydrogen-bond acceptors (Lipinski definition) is 4. The molecule has 0 aliphatic carbocycles. The number of esters is 1. The number of amidine groups is 1. The molecule has 1 aromatic carbocycles. The summed E-state index contributed by atoms with van der Waals surface area (Å²) in [4.78, 5) is 11.9. The predicted molar refractivity (Wildman–Crippen MR) is 84.5 cm³/mol. The summed E-state index contributed by atoms with van der Waals surface area (Å²) in [7, 11) is 1.20. The number of rotatable bonds is 6. The minimum Gasteiger partial charge on any atom is -0.464 e. The number of nitrogens with one attached hydrogen (secondary N) is 2. The van der Waals surface area contributed by atoms with Gasteiger partial charge in [-0.1, -0.05) is 19.2 Å². The van der Waals surface area contributed by atoms with Crippen LogP contribution in [0, 0.1) is 18.2 Å². The van der Waals surface area contributed by atoms with Crippen LogP contribution in [0.2, 0.25) is 0 Å². The van der Waals surface area contributed by atoms with E-state index in [1.54, 1.807) is 13.0 Å². The molecule has 0 fully saturated rings. The predicted octanol–water partition coefficient (Wildman–Crippen LogP) is 2.24. The average molecular weight is 303 g/mol. The summed E-state index contributed by atoms with van der Waals surface area (Å²) >= 11 is 0. The van der Waals surface area contributed by atoms with E-state index in [4.69, 9.17) is 11.1 Å². The van der Waals surface area contributed by atoms with Crippen LogP contribution in [0.15, 0.2) is 48.7 Å². The van der Waals surface area contributed by atoms with Crippen molar-refractivity contribution in [3.63, 3.8) is 0 Å². The maximum absolute atomic E-state index is 13.3. The van der Waals surface area contributed by atoms with Crippen molar-refractivity contribution in [3.8, 4) is 0 Å². The molecule has 4 N–H and O–H groups in total. The molecule has 0 saturated carbocycles. The lowest BCUT2D eigenvalue weighted by Gasteiger charge is -2.15. The first kappa shape index (κ1) is 17.2. The van der Waals surface area contributed by atoms with Gasteiger partial charge in [-0.3, -0.25) is 5.41 Å². The molecule has 0 aliphatic rings. The number of hydrogen-bond donors (Lipinski definition) is 3. The third-order valence-corrected chi connectivity index (χ3v) is 2.94. The Morgan fingerprint density at radius 1 is 1.50 bits per heavy atom. The molecule has 0 unspecified atom stereocenters. The van der Waals surface area contributed by atoms with Crippen LogP contribution >= 0.6 is 0 Å². The first-order chi connectivity index (χ1) is 10.3. The van der Waals surface area contributed by atoms with E-state index in [2.05, 4.69) is 23.2 Å². The number of carbonyl (C=O) groups excluding carboxylic acids is 1. The van der Waals surface area contributed by atoms with E-state index in [9.17, 15) is 9.18 Å². The Hall–Kier alpha value is -2.89. The van der Waals surface area contributed by atoms with Gasteiger partial charge in [0, 0.05) is 11.3 Å². The van der Waals surface area contributed by atoms with Crippen molar-refractivity contribution in [2.75, 3.05) is 7.11 Å². The van der Waals surface area contributed by atoms with Gasteiger partial charge in [0.15, 0.2) is 0 Å². The van der Waals surface area contributed by atoms with E-state index in [1.807, 2.05) is 0 Å². The Kier molecular flexibility index (Phi) is 5.63. The van der Waals surface area contributed by atoms with Crippen LogP contribution in [0.25, 0.3) is 5.70 Å². The lowest BCUT2D eigenvalue weighted by molar-refractivity contribution is -0.136. The van der Waals surface area contributed by atoms with Crippen molar-refractivity contribution in [2.24, 2.45) is 5.73 Å². The second kappa shape index (κ2) is 7.21. The van der Waals surface area contributed by atoms with Crippen LogP contribution in [0.5, 0.6) is 0 Å². The Morgan fingerprint density at radius 2 is 2.14 bits per heavy atom. The molecule has 0 aliphatic heterocycles. The van der Waals surface area contributed by atoms with E-state index in [-0.39, 0.29) is 22.9 Å². The van der Waals surface area contributed by atoms with Gasteiger partial charge in [0.05, 0.1) is 7.11 Å². The fraction of sp³-hybridized carbons (Fsp3) is 0.125. The summed E-state index contributed by atoms with van der Waals surface area (Å²) in [5, 5.41) is 10.2. The standard InChI is InChI=1S/C16H18FN3O2/c1-5-12(15(18)19)14(16(21)22-4)20-10(3)11-6-7-13(17)9(2)8-11/h5-8,20H,1,3H2,2,4H3,(H3,18,19). The normalized spacial score (nSPS) is 11.2. The van der Waals surface area contributed by atoms with E-state index >= 15 is 0 Å². The molecule has 0 spiro atoms. The van der Waals surface area contributed by atoms with Gasteiger partial charge in [-0.15, -0.1) is 0 Å². The second-order valence-corrected chi connectivity index (χ2v) is 4.47. The molecule has 5 nitrogen and oxygen atoms in total. The Morgan fingerprint density at radius 3 is 2.59 bits per heavy atom. The highest BCUT2D eigenvalue weighted by Crippen LogP contribution is 2.17. The van der Waals surface area contributed by atoms with Crippen LogP contribution in [-0.4, -0.2) is 18.9 Å². The van der Waals surface area contributed by atoms with Gasteiger partial charge in [-0.05, 0) is 36.2 Å². The molecule has 0 bridgehead atoms. The lowest BCUT2D eigenvalue weighted by atomic mass is 10.1. The van der Waals surface area contributed by atoms with Crippen LogP contribution in [0.3, 0.4) is 0 Å². The summed E-state index contributed by atoms with van der Waals surface area (Å²) in [5.74, 6) is -1.40. The molecule has 1 aromatic rings. The van der Waals surface area contributed by atoms with Crippen molar-refractivity contribution in [2.45, 2.75) is 6.92 Å². The van der Waals surface area contributed by atoms with E-state index in [0.717, 1.165) is 0 Å². The largest absolute Gasteiger partial charge is 0.464 e. The first-order valence-electron chi connectivity index (χ1n) is 6.33. The molecule has 1 rings (SSSR count). The maximum Gasteiger partial charge on any atom is 0.355 e. The average Bonchev–Trinajstić information content (AvgIpc) is 2.48. The smallest absolute Gasteiger partial charge is 0.355 e. The molecule has 0 heterocycles. The fourth-order valence-corrected chi connectivity index (χ4v) is 1.73. The topological polar surface area (TPSA) is 88.2 Å². The van der Waals surface area contributed by atoms with Crippen LogP contribution in [0.4, 0.5) is 4.39 Å². The zero-order chi connectivity index (χ0) is 16.9. The monoisotopic (exact) mass is 303 g/mol. The molecule has 22 heavy (non-hydrogen) atoms. The number of halogens is 1. The number of carbonyl (C=O) groups is 1. The fourth-order valence-electron chi connectivity index (χ4n) is 1.73. The second-order valence-electron chi connectivity index (χ2n) is 4.47. The zero-order valence-electron chi connectivity index (χ0n) is 12.5. The summed E-state index contributed by atoms with van der Waals surface area (Å²) in [6.45, 7) is 8.95. The lowest BCUT2D eigenvalue weighted by Crippen LogP contribution is -2.26. The van der Waals surface area contributed by atoms with Gasteiger partial charge >= 0.3 is 5.97 Å². The molecule has 0 aromatic heterocycles. The van der Waals surface area contributed by atoms with Gasteiger partial charge in [-0.25, -0.2) is 9.18 Å². The minimum absolute atomic E-state index is 0.0584. The zero-order valence-corrected chi connectivity index (χ0v) is 12.5. The van der Waals surface area contributed by atoms with E-state index in [1.165, 1.54) is 25.3 Å². The van der Waals surface area contributed by atoms with Crippen molar-refractivity contribution in [1.29, 1.82) is 5.41 Å². The molecule has 116 valence electrons. The van der Waals surface area contributed by atoms with E-state index in [0.29, 0.717) is 16.8 Å². The Bertz CT molecular complexity index is 678. The Labute approximate surface area is 128 Å². The van der Waals surface area contributed by atoms with Crippen LogP contribution in [-0.2, 0) is 9.53 Å². The third kappa shape index (κ3) is 3.82. The molecule has 0 radical (unpaired) electrons. The number of ether oxygens (including phenoxy) is 1. The quantitative estimate of drug-likeness (QED) is 0.247. The van der Waals surface area contributed by atoms with Crippen molar-refractivity contribution < 1.29 is 13.9 Å². The van der Waals surface area contributed by atoms with Gasteiger partial charge < -0.3 is 15.8 Å². The third-order valence-electron chi connectivity index (χ3n) is 2.94. The summed E-state index contributed by atoms with van der Waals surface area (Å²) in [5.41, 5.74) is 6.83. The molecule has 0 saturated heterocycles. The molecular formula is C16H18FN3O2. The maximum atomic E-state index is 13.3. The number of benzene rings is 1. The minimum atomic E-state index is -0.718. The molecule has 6 heteroatoms. The van der Waals surface area contributed by atoms with Crippen LogP contribution in [0.1, 0.15) is 11.1 Å². The van der Waals surface area contributed by atoms with Gasteiger partial charge in [0.25, 0.3) is 0 Å². The van der Waals surface area contributed by atoms with Gasteiger partial charge in [0.1, 0.15) is 17.3 Å². The summed E-state index contributed by atoms with van der Waals surface area (Å²) in [6, 6.07) is 4.41. The van der Waals surface area contributed by atoms with Crippen LogP contribution < -0.4 is 11.1 Å². The van der Waals surface area contributed by atoms with Crippen molar-refractivity contribution in [1.82, 2.24) is 5.32 Å². The molecule has 0 amide bonds. The number of methoxy groups -OCH3 is 1. The summed E-state index contributed by atoms with van der Waals surface area (Å²) in [6.07, 6.45) is 1.27. The van der Waals surface area contributed by atoms with Gasteiger partial charge in [-0.2, -0.15) is 0 Å². The number of aryl methyl sites for hydroxylation is 1. The molecular weight excluding hydrogens is 285 g/mol. The van der Waals surface area contributed by atoms with Gasteiger partial charge in [0.2, 0.25) is 0 Å². The van der Waals surface area contributed by atoms with Crippen molar-refractivity contribution >= 4 is 17.5 Å². The highest BCUT2D eigenvalue weighted by Gasteiger charge is 2.18. The highest BCUT2D eigenvalue weighted by atomic mass is 19.1. The van der Waals surface area contributed by atoms with E-state index < -0.39 is 5.97 Å². The van der Waals surface area contributed by atoms with Crippen molar-refractivity contribution in [3.05, 3.63) is 65.6 Å².